The summed E-state index contributed by atoms with van der Waals surface area (Å²) in [7, 11) is 0. The number of benzene rings is 2. The molecule has 0 radical (unpaired) electrons. The van der Waals surface area contributed by atoms with Crippen LogP contribution in [-0.2, 0) is 11.4 Å². The van der Waals surface area contributed by atoms with Crippen LogP contribution in [0.2, 0.25) is 0 Å². The van der Waals surface area contributed by atoms with Crippen LogP contribution < -0.4 is 14.8 Å². The molecular formula is C23H23BrN2O5S. The molecule has 1 amide bonds. The Kier molecular flexibility index (Phi) is 7.87. The molecule has 0 saturated carbocycles. The molecule has 0 aromatic heterocycles. The lowest BCUT2D eigenvalue weighted by Gasteiger charge is -2.14. The molecule has 0 atom stereocenters. The van der Waals surface area contributed by atoms with Crippen molar-refractivity contribution in [1.82, 2.24) is 10.2 Å². The van der Waals surface area contributed by atoms with Crippen molar-refractivity contribution >= 4 is 51.2 Å². The Labute approximate surface area is 200 Å². The van der Waals surface area contributed by atoms with Gasteiger partial charge in [-0.3, -0.25) is 9.69 Å². The van der Waals surface area contributed by atoms with E-state index in [2.05, 4.69) is 21.2 Å². The number of thiocarbonyl (C=S) groups is 1. The molecule has 32 heavy (non-hydrogen) atoms. The number of amides is 1. The van der Waals surface area contributed by atoms with E-state index in [0.29, 0.717) is 35.5 Å². The monoisotopic (exact) mass is 518 g/mol. The average Bonchev–Trinajstić information content (AvgIpc) is 3.03. The molecule has 9 heteroatoms. The van der Waals surface area contributed by atoms with E-state index in [-0.39, 0.29) is 18.1 Å². The summed E-state index contributed by atoms with van der Waals surface area (Å²) in [4.78, 5) is 25.2. The van der Waals surface area contributed by atoms with Gasteiger partial charge in [0.2, 0.25) is 0 Å². The maximum absolute atomic E-state index is 12.6. The zero-order valence-electron chi connectivity index (χ0n) is 17.7. The minimum atomic E-state index is -0.974. The second-order valence-corrected chi connectivity index (χ2v) is 8.23. The molecule has 1 saturated heterocycles. The first-order valence-electron chi connectivity index (χ1n) is 10.1. The van der Waals surface area contributed by atoms with Gasteiger partial charge in [-0.2, -0.15) is 0 Å². The fourth-order valence-electron chi connectivity index (χ4n) is 3.10. The highest BCUT2D eigenvalue weighted by molar-refractivity contribution is 9.10. The van der Waals surface area contributed by atoms with Crippen molar-refractivity contribution in [3.05, 3.63) is 63.3 Å². The number of carbonyl (C=O) groups is 2. The molecule has 0 unspecified atom stereocenters. The van der Waals surface area contributed by atoms with E-state index in [4.69, 9.17) is 26.8 Å². The second kappa shape index (κ2) is 10.6. The summed E-state index contributed by atoms with van der Waals surface area (Å²) in [5.74, 6) is -0.0782. The summed E-state index contributed by atoms with van der Waals surface area (Å²) in [6.07, 6.45) is 2.54. The van der Waals surface area contributed by atoms with Crippen LogP contribution in [0.1, 0.15) is 41.8 Å². The SMILES string of the molecule is CCCN1C(=O)/C(=C/c2cc(OCC)c(OCc3ccc(C(=O)O)cc3)cc2Br)NC1=S. The van der Waals surface area contributed by atoms with Crippen LogP contribution >= 0.6 is 28.1 Å². The van der Waals surface area contributed by atoms with Crippen molar-refractivity contribution in [3.63, 3.8) is 0 Å². The van der Waals surface area contributed by atoms with Crippen LogP contribution in [0.15, 0.2) is 46.6 Å². The molecule has 1 aliphatic heterocycles. The fraction of sp³-hybridized carbons (Fsp3) is 0.261. The zero-order chi connectivity index (χ0) is 23.3. The number of halogens is 1. The van der Waals surface area contributed by atoms with Gasteiger partial charge in [-0.25, -0.2) is 4.79 Å². The van der Waals surface area contributed by atoms with Gasteiger partial charge < -0.3 is 19.9 Å². The van der Waals surface area contributed by atoms with Crippen LogP contribution in [0.5, 0.6) is 11.5 Å². The van der Waals surface area contributed by atoms with Gasteiger partial charge in [0.25, 0.3) is 5.91 Å². The number of carboxylic acid groups (broad SMARTS) is 1. The first-order chi connectivity index (χ1) is 15.3. The van der Waals surface area contributed by atoms with Crippen molar-refractivity contribution in [2.75, 3.05) is 13.2 Å². The molecule has 0 bridgehead atoms. The summed E-state index contributed by atoms with van der Waals surface area (Å²) in [6, 6.07) is 10.1. The second-order valence-electron chi connectivity index (χ2n) is 6.99. The molecule has 2 N–H and O–H groups in total. The number of nitrogens with one attached hydrogen (secondary N) is 1. The predicted molar refractivity (Wildman–Crippen MR) is 129 cm³/mol. The molecular weight excluding hydrogens is 496 g/mol. The fourth-order valence-corrected chi connectivity index (χ4v) is 3.82. The molecule has 3 rings (SSSR count). The van der Waals surface area contributed by atoms with Crippen LogP contribution in [-0.4, -0.2) is 40.1 Å². The number of rotatable bonds is 9. The standard InChI is InChI=1S/C23H23BrN2O5S/c1-3-9-26-21(27)18(25-23(26)32)10-16-11-19(30-4-2)20(12-17(16)24)31-13-14-5-7-15(8-6-14)22(28)29/h5-8,10-12H,3-4,9,13H2,1-2H3,(H,25,32)(H,28,29)/b18-10-. The third kappa shape index (κ3) is 5.46. The van der Waals surface area contributed by atoms with E-state index in [9.17, 15) is 9.59 Å². The molecule has 0 aliphatic carbocycles. The van der Waals surface area contributed by atoms with E-state index in [0.717, 1.165) is 22.0 Å². The summed E-state index contributed by atoms with van der Waals surface area (Å²) in [5.41, 5.74) is 2.18. The van der Waals surface area contributed by atoms with E-state index >= 15 is 0 Å². The van der Waals surface area contributed by atoms with E-state index < -0.39 is 5.97 Å². The van der Waals surface area contributed by atoms with Gasteiger partial charge in [0.1, 0.15) is 12.3 Å². The third-order valence-corrected chi connectivity index (χ3v) is 5.68. The molecule has 168 valence electrons. The van der Waals surface area contributed by atoms with Gasteiger partial charge in [-0.15, -0.1) is 0 Å². The first-order valence-corrected chi connectivity index (χ1v) is 11.3. The first kappa shape index (κ1) is 23.7. The summed E-state index contributed by atoms with van der Waals surface area (Å²) >= 11 is 8.81. The molecule has 0 spiro atoms. The van der Waals surface area contributed by atoms with Crippen molar-refractivity contribution in [3.8, 4) is 11.5 Å². The molecule has 2 aromatic carbocycles. The molecule has 1 fully saturated rings. The topological polar surface area (TPSA) is 88.1 Å². The van der Waals surface area contributed by atoms with Gasteiger partial charge in [0, 0.05) is 11.0 Å². The van der Waals surface area contributed by atoms with Gasteiger partial charge in [0.05, 0.1) is 12.2 Å². The lowest BCUT2D eigenvalue weighted by atomic mass is 10.1. The minimum absolute atomic E-state index is 0.160. The Morgan fingerprint density at radius 1 is 1.19 bits per heavy atom. The van der Waals surface area contributed by atoms with Crippen molar-refractivity contribution < 1.29 is 24.2 Å². The molecule has 1 aliphatic rings. The third-order valence-electron chi connectivity index (χ3n) is 4.67. The Balaban J connectivity index is 1.82. The Morgan fingerprint density at radius 3 is 2.50 bits per heavy atom. The number of carboxylic acids is 1. The average molecular weight is 519 g/mol. The Bertz CT molecular complexity index is 1070. The summed E-state index contributed by atoms with van der Waals surface area (Å²) < 4.78 is 12.4. The number of carbonyl (C=O) groups excluding carboxylic acids is 1. The minimum Gasteiger partial charge on any atom is -0.490 e. The largest absolute Gasteiger partial charge is 0.490 e. The maximum atomic E-state index is 12.6. The lowest BCUT2D eigenvalue weighted by molar-refractivity contribution is -0.122. The molecule has 7 nitrogen and oxygen atoms in total. The summed E-state index contributed by atoms with van der Waals surface area (Å²) in [6.45, 7) is 5.10. The van der Waals surface area contributed by atoms with Crippen LogP contribution in [0.4, 0.5) is 0 Å². The number of aromatic carboxylic acids is 1. The number of ether oxygens (including phenoxy) is 2. The number of hydrogen-bond acceptors (Lipinski definition) is 5. The Morgan fingerprint density at radius 2 is 1.88 bits per heavy atom. The predicted octanol–water partition coefficient (Wildman–Crippen LogP) is 4.59. The van der Waals surface area contributed by atoms with Crippen LogP contribution in [0.25, 0.3) is 6.08 Å². The lowest BCUT2D eigenvalue weighted by Crippen LogP contribution is -2.31. The Hall–Kier alpha value is -2.91. The quantitative estimate of drug-likeness (QED) is 0.370. The van der Waals surface area contributed by atoms with Crippen LogP contribution in [0, 0.1) is 0 Å². The van der Waals surface area contributed by atoms with Gasteiger partial charge in [0.15, 0.2) is 16.6 Å². The highest BCUT2D eigenvalue weighted by Gasteiger charge is 2.30. The molecule has 2 aromatic rings. The van der Waals surface area contributed by atoms with Gasteiger partial charge in [-0.1, -0.05) is 35.0 Å². The summed E-state index contributed by atoms with van der Waals surface area (Å²) in [5, 5.41) is 12.4. The van der Waals surface area contributed by atoms with Crippen molar-refractivity contribution in [1.29, 1.82) is 0 Å². The van der Waals surface area contributed by atoms with E-state index in [1.165, 1.54) is 12.1 Å². The van der Waals surface area contributed by atoms with E-state index in [1.807, 2.05) is 13.8 Å². The number of nitrogens with zero attached hydrogens (tertiary/aromatic N) is 1. The smallest absolute Gasteiger partial charge is 0.335 e. The maximum Gasteiger partial charge on any atom is 0.335 e. The van der Waals surface area contributed by atoms with E-state index in [1.54, 1.807) is 35.2 Å². The van der Waals surface area contributed by atoms with Gasteiger partial charge >= 0.3 is 5.97 Å². The zero-order valence-corrected chi connectivity index (χ0v) is 20.1. The van der Waals surface area contributed by atoms with Crippen molar-refractivity contribution in [2.24, 2.45) is 0 Å². The number of hydrogen-bond donors (Lipinski definition) is 2. The highest BCUT2D eigenvalue weighted by Crippen LogP contribution is 2.35. The van der Waals surface area contributed by atoms with Gasteiger partial charge in [-0.05, 0) is 67.0 Å². The van der Waals surface area contributed by atoms with Crippen molar-refractivity contribution in [2.45, 2.75) is 26.9 Å². The molecule has 1 heterocycles. The normalized spacial score (nSPS) is 14.6. The van der Waals surface area contributed by atoms with Crippen LogP contribution in [0.3, 0.4) is 0 Å². The highest BCUT2D eigenvalue weighted by atomic mass is 79.9.